The Labute approximate surface area is 93.7 Å². The van der Waals surface area contributed by atoms with Crippen molar-refractivity contribution >= 4 is 10.0 Å². The van der Waals surface area contributed by atoms with Crippen LogP contribution in [0.25, 0.3) is 0 Å². The highest BCUT2D eigenvalue weighted by Gasteiger charge is 2.21. The van der Waals surface area contributed by atoms with Gasteiger partial charge in [-0.1, -0.05) is 0 Å². The van der Waals surface area contributed by atoms with Crippen molar-refractivity contribution in [2.75, 3.05) is 13.6 Å². The lowest BCUT2D eigenvalue weighted by Gasteiger charge is -2.17. The molecule has 0 heterocycles. The molecular weight excluding hydrogens is 236 g/mol. The topological polar surface area (TPSA) is 37.4 Å². The van der Waals surface area contributed by atoms with E-state index < -0.39 is 22.0 Å². The molecule has 1 aromatic rings. The van der Waals surface area contributed by atoms with Crippen molar-refractivity contribution in [3.05, 3.63) is 30.1 Å². The van der Waals surface area contributed by atoms with Crippen molar-refractivity contribution in [3.63, 3.8) is 0 Å². The van der Waals surface area contributed by atoms with Crippen molar-refractivity contribution in [1.82, 2.24) is 4.31 Å². The van der Waals surface area contributed by atoms with Gasteiger partial charge in [0.15, 0.2) is 0 Å². The van der Waals surface area contributed by atoms with Crippen LogP contribution in [0.15, 0.2) is 29.2 Å². The fourth-order valence-electron chi connectivity index (χ4n) is 1.24. The molecule has 0 aliphatic heterocycles. The van der Waals surface area contributed by atoms with Gasteiger partial charge < -0.3 is 0 Å². The molecule has 0 aliphatic rings. The minimum Gasteiger partial charge on any atom is -0.246 e. The molecule has 0 spiro atoms. The maximum atomic E-state index is 12.7. The molecule has 0 amide bonds. The summed E-state index contributed by atoms with van der Waals surface area (Å²) in [5, 5.41) is 0. The number of hydrogen-bond acceptors (Lipinski definition) is 2. The predicted molar refractivity (Wildman–Crippen MR) is 56.8 cm³/mol. The molecule has 0 aromatic heterocycles. The normalized spacial score (nSPS) is 14.1. The van der Waals surface area contributed by atoms with Crippen LogP contribution in [0.4, 0.5) is 8.78 Å². The van der Waals surface area contributed by atoms with E-state index in [-0.39, 0.29) is 11.4 Å². The summed E-state index contributed by atoms with van der Waals surface area (Å²) in [5.74, 6) is -0.513. The van der Waals surface area contributed by atoms with Crippen LogP contribution in [0.1, 0.15) is 6.92 Å². The Bertz CT molecular complexity index is 442. The largest absolute Gasteiger partial charge is 0.246 e. The first-order chi connectivity index (χ1) is 7.34. The van der Waals surface area contributed by atoms with Gasteiger partial charge in [-0.05, 0) is 31.2 Å². The summed E-state index contributed by atoms with van der Waals surface area (Å²) in [6, 6.07) is 4.42. The molecule has 0 aliphatic carbocycles. The van der Waals surface area contributed by atoms with Crippen LogP contribution in [-0.2, 0) is 10.0 Å². The van der Waals surface area contributed by atoms with Gasteiger partial charge in [0.1, 0.15) is 12.0 Å². The fraction of sp³-hybridized carbons (Fsp3) is 0.400. The maximum Gasteiger partial charge on any atom is 0.242 e. The second-order valence-electron chi connectivity index (χ2n) is 3.52. The summed E-state index contributed by atoms with van der Waals surface area (Å²) in [7, 11) is -2.44. The zero-order valence-electron chi connectivity index (χ0n) is 9.02. The second-order valence-corrected chi connectivity index (χ2v) is 5.57. The molecule has 1 aromatic carbocycles. The van der Waals surface area contributed by atoms with Crippen molar-refractivity contribution < 1.29 is 17.2 Å². The Morgan fingerprint density at radius 1 is 1.31 bits per heavy atom. The molecule has 1 unspecified atom stereocenters. The first-order valence-corrected chi connectivity index (χ1v) is 6.14. The maximum absolute atomic E-state index is 12.7. The van der Waals surface area contributed by atoms with Crippen LogP contribution in [-0.4, -0.2) is 32.5 Å². The smallest absolute Gasteiger partial charge is 0.242 e. The summed E-state index contributed by atoms with van der Waals surface area (Å²) < 4.78 is 49.9. The van der Waals surface area contributed by atoms with Gasteiger partial charge in [0.2, 0.25) is 10.0 Å². The monoisotopic (exact) mass is 249 g/mol. The van der Waals surface area contributed by atoms with Crippen LogP contribution >= 0.6 is 0 Å². The Hall–Kier alpha value is -1.01. The molecule has 1 rings (SSSR count). The van der Waals surface area contributed by atoms with E-state index in [1.807, 2.05) is 0 Å². The van der Waals surface area contributed by atoms with Crippen molar-refractivity contribution in [2.24, 2.45) is 0 Å². The number of nitrogens with zero attached hydrogens (tertiary/aromatic N) is 1. The van der Waals surface area contributed by atoms with E-state index in [0.29, 0.717) is 0 Å². The van der Waals surface area contributed by atoms with Gasteiger partial charge in [0.05, 0.1) is 4.90 Å². The molecule has 90 valence electrons. The quantitative estimate of drug-likeness (QED) is 0.816. The van der Waals surface area contributed by atoms with Crippen molar-refractivity contribution in [1.29, 1.82) is 0 Å². The van der Waals surface area contributed by atoms with Crippen molar-refractivity contribution in [3.8, 4) is 0 Å². The van der Waals surface area contributed by atoms with Crippen LogP contribution in [0.5, 0.6) is 0 Å². The predicted octanol–water partition coefficient (Wildman–Crippen LogP) is 1.80. The Morgan fingerprint density at radius 2 is 1.81 bits per heavy atom. The van der Waals surface area contributed by atoms with Gasteiger partial charge in [-0.25, -0.2) is 17.2 Å². The molecule has 0 saturated heterocycles. The van der Waals surface area contributed by atoms with E-state index in [1.54, 1.807) is 0 Å². The lowest BCUT2D eigenvalue weighted by atomic mass is 10.4. The highest BCUT2D eigenvalue weighted by Crippen LogP contribution is 2.15. The first-order valence-electron chi connectivity index (χ1n) is 4.70. The zero-order chi connectivity index (χ0) is 12.3. The minimum atomic E-state index is -3.72. The average Bonchev–Trinajstić information content (AvgIpc) is 2.17. The third-order valence-electron chi connectivity index (χ3n) is 2.03. The number of rotatable bonds is 4. The highest BCUT2D eigenvalue weighted by molar-refractivity contribution is 7.89. The standard InChI is InChI=1S/C10H13F2NO2S/c1-8(11)7-13(2)16(14,15)10-5-3-9(12)4-6-10/h3-6,8H,7H2,1-2H3. The molecule has 0 radical (unpaired) electrons. The summed E-state index contributed by atoms with van der Waals surface area (Å²) in [6.45, 7) is 1.05. The summed E-state index contributed by atoms with van der Waals surface area (Å²) >= 11 is 0. The van der Waals surface area contributed by atoms with Gasteiger partial charge in [0.25, 0.3) is 0 Å². The Morgan fingerprint density at radius 3 is 2.25 bits per heavy atom. The molecule has 6 heteroatoms. The average molecular weight is 249 g/mol. The van der Waals surface area contributed by atoms with E-state index in [1.165, 1.54) is 14.0 Å². The molecule has 0 N–H and O–H groups in total. The number of alkyl halides is 1. The lowest BCUT2D eigenvalue weighted by molar-refractivity contribution is 0.300. The third-order valence-corrected chi connectivity index (χ3v) is 3.87. The molecule has 0 fully saturated rings. The van der Waals surface area contributed by atoms with E-state index in [9.17, 15) is 17.2 Å². The third kappa shape index (κ3) is 2.99. The molecule has 0 bridgehead atoms. The Balaban J connectivity index is 2.97. The summed E-state index contributed by atoms with van der Waals surface area (Å²) in [5.41, 5.74) is 0. The second kappa shape index (κ2) is 4.88. The van der Waals surface area contributed by atoms with E-state index in [0.717, 1.165) is 28.6 Å². The number of halogens is 2. The van der Waals surface area contributed by atoms with E-state index in [2.05, 4.69) is 0 Å². The van der Waals surface area contributed by atoms with Gasteiger partial charge in [0, 0.05) is 13.6 Å². The van der Waals surface area contributed by atoms with Gasteiger partial charge >= 0.3 is 0 Å². The highest BCUT2D eigenvalue weighted by atomic mass is 32.2. The number of benzene rings is 1. The van der Waals surface area contributed by atoms with E-state index >= 15 is 0 Å². The molecule has 3 nitrogen and oxygen atoms in total. The van der Waals surface area contributed by atoms with Crippen LogP contribution in [0, 0.1) is 5.82 Å². The van der Waals surface area contributed by atoms with Crippen molar-refractivity contribution in [2.45, 2.75) is 18.0 Å². The van der Waals surface area contributed by atoms with Gasteiger partial charge in [-0.15, -0.1) is 0 Å². The first kappa shape index (κ1) is 13.1. The van der Waals surface area contributed by atoms with Crippen LogP contribution in [0.3, 0.4) is 0 Å². The number of hydrogen-bond donors (Lipinski definition) is 0. The molecule has 16 heavy (non-hydrogen) atoms. The molecule has 1 atom stereocenters. The lowest BCUT2D eigenvalue weighted by Crippen LogP contribution is -2.31. The van der Waals surface area contributed by atoms with Crippen LogP contribution < -0.4 is 0 Å². The summed E-state index contributed by atoms with van der Waals surface area (Å²) in [6.07, 6.45) is -1.25. The van der Waals surface area contributed by atoms with Crippen LogP contribution in [0.2, 0.25) is 0 Å². The minimum absolute atomic E-state index is 0.0444. The molecular formula is C10H13F2NO2S. The summed E-state index contributed by atoms with van der Waals surface area (Å²) in [4.78, 5) is -0.0444. The fourth-order valence-corrected chi connectivity index (χ4v) is 2.48. The van der Waals surface area contributed by atoms with Gasteiger partial charge in [-0.2, -0.15) is 4.31 Å². The Kier molecular flexibility index (Phi) is 3.98. The van der Waals surface area contributed by atoms with Gasteiger partial charge in [-0.3, -0.25) is 0 Å². The molecule has 0 saturated carbocycles. The zero-order valence-corrected chi connectivity index (χ0v) is 9.84. The SMILES string of the molecule is CC(F)CN(C)S(=O)(=O)c1ccc(F)cc1. The number of sulfonamides is 1. The van der Waals surface area contributed by atoms with E-state index in [4.69, 9.17) is 0 Å².